The van der Waals surface area contributed by atoms with Crippen LogP contribution >= 0.6 is 11.6 Å². The Morgan fingerprint density at radius 1 is 1.42 bits per heavy atom. The molecule has 1 fully saturated rings. The van der Waals surface area contributed by atoms with E-state index in [9.17, 15) is 23.9 Å². The number of carboxylic acid groups (broad SMARTS) is 2. The van der Waals surface area contributed by atoms with Gasteiger partial charge >= 0.3 is 12.1 Å². The largest absolute Gasteiger partial charge is 0.481 e. The fourth-order valence-electron chi connectivity index (χ4n) is 3.43. The lowest BCUT2D eigenvalue weighted by molar-refractivity contribution is -0.153. The second-order valence-electron chi connectivity index (χ2n) is 6.57. The number of nitrogens with zero attached hydrogens (tertiary/aromatic N) is 2. The number of piperidine rings is 1. The second kappa shape index (κ2) is 7.57. The zero-order valence-corrected chi connectivity index (χ0v) is 15.2. The predicted molar refractivity (Wildman–Crippen MR) is 91.0 cm³/mol. The Balaban J connectivity index is 2.41. The van der Waals surface area contributed by atoms with Gasteiger partial charge in [0.15, 0.2) is 11.6 Å². The number of halogens is 2. The lowest BCUT2D eigenvalue weighted by atomic mass is 9.72. The first-order valence-corrected chi connectivity index (χ1v) is 8.60. The normalized spacial score (nSPS) is 22.9. The highest BCUT2D eigenvalue weighted by Crippen LogP contribution is 2.39. The van der Waals surface area contributed by atoms with Crippen molar-refractivity contribution in [2.24, 2.45) is 5.41 Å². The summed E-state index contributed by atoms with van der Waals surface area (Å²) in [7, 11) is 0. The number of hydrogen-bond donors (Lipinski definition) is 2. The number of rotatable bonds is 5. The van der Waals surface area contributed by atoms with Crippen LogP contribution in [0.25, 0.3) is 0 Å². The van der Waals surface area contributed by atoms with Crippen molar-refractivity contribution in [3.8, 4) is 0 Å². The van der Waals surface area contributed by atoms with Gasteiger partial charge in [0.1, 0.15) is 5.15 Å². The maximum absolute atomic E-state index is 14.7. The van der Waals surface area contributed by atoms with E-state index in [1.54, 1.807) is 13.8 Å². The SMILES string of the molecule is CCC(=O)c1cc(Cl)nc(CC2(C(=O)O)CCN(C(=O)O)C(C)C2)c1F. The first-order chi connectivity index (χ1) is 12.1. The molecule has 0 aliphatic carbocycles. The Labute approximate surface area is 154 Å². The number of aliphatic carboxylic acids is 1. The van der Waals surface area contributed by atoms with Gasteiger partial charge in [0.25, 0.3) is 0 Å². The van der Waals surface area contributed by atoms with E-state index in [1.165, 1.54) is 0 Å². The van der Waals surface area contributed by atoms with Crippen LogP contribution in [0.2, 0.25) is 5.15 Å². The lowest BCUT2D eigenvalue weighted by Crippen LogP contribution is -2.51. The molecule has 2 unspecified atom stereocenters. The van der Waals surface area contributed by atoms with Crippen LogP contribution in [0.15, 0.2) is 6.07 Å². The minimum atomic E-state index is -1.38. The van der Waals surface area contributed by atoms with Gasteiger partial charge in [0.05, 0.1) is 16.7 Å². The summed E-state index contributed by atoms with van der Waals surface area (Å²) < 4.78 is 14.7. The predicted octanol–water partition coefficient (Wildman–Crippen LogP) is 3.24. The molecule has 2 atom stereocenters. The molecule has 1 saturated heterocycles. The Bertz CT molecular complexity index is 757. The molecule has 0 aromatic carbocycles. The molecular formula is C17H20ClFN2O5. The van der Waals surface area contributed by atoms with Crippen molar-refractivity contribution in [3.63, 3.8) is 0 Å². The van der Waals surface area contributed by atoms with Crippen molar-refractivity contribution < 1.29 is 29.0 Å². The van der Waals surface area contributed by atoms with E-state index in [0.717, 1.165) is 11.0 Å². The maximum Gasteiger partial charge on any atom is 0.407 e. The van der Waals surface area contributed by atoms with Gasteiger partial charge in [-0.1, -0.05) is 18.5 Å². The Kier molecular flexibility index (Phi) is 5.85. The average Bonchev–Trinajstić information content (AvgIpc) is 2.56. The molecule has 1 aliphatic rings. The van der Waals surface area contributed by atoms with Crippen molar-refractivity contribution in [1.82, 2.24) is 9.88 Å². The molecule has 142 valence electrons. The van der Waals surface area contributed by atoms with Crippen molar-refractivity contribution in [3.05, 3.63) is 28.3 Å². The zero-order valence-electron chi connectivity index (χ0n) is 14.5. The second-order valence-corrected chi connectivity index (χ2v) is 6.96. The third-order valence-corrected chi connectivity index (χ3v) is 5.06. The molecule has 1 aliphatic heterocycles. The van der Waals surface area contributed by atoms with Crippen LogP contribution in [-0.2, 0) is 11.2 Å². The first-order valence-electron chi connectivity index (χ1n) is 8.22. The number of Topliss-reactive ketones (excluding diaryl/α,β-unsaturated/α-hetero) is 1. The van der Waals surface area contributed by atoms with Gasteiger partial charge in [-0.2, -0.15) is 0 Å². The maximum atomic E-state index is 14.7. The molecule has 26 heavy (non-hydrogen) atoms. The number of likely N-dealkylation sites (tertiary alicyclic amines) is 1. The molecule has 0 radical (unpaired) electrons. The minimum Gasteiger partial charge on any atom is -0.481 e. The summed E-state index contributed by atoms with van der Waals surface area (Å²) >= 11 is 5.90. The van der Waals surface area contributed by atoms with Gasteiger partial charge in [0.2, 0.25) is 0 Å². The molecule has 0 saturated carbocycles. The Hall–Kier alpha value is -2.22. The summed E-state index contributed by atoms with van der Waals surface area (Å²) in [6, 6.07) is 0.589. The molecule has 0 bridgehead atoms. The molecular weight excluding hydrogens is 367 g/mol. The van der Waals surface area contributed by atoms with Gasteiger partial charge < -0.3 is 15.1 Å². The summed E-state index contributed by atoms with van der Waals surface area (Å²) in [5, 5.41) is 18.8. The molecule has 2 N–H and O–H groups in total. The number of amides is 1. The Morgan fingerprint density at radius 3 is 2.58 bits per heavy atom. The molecule has 7 nitrogen and oxygen atoms in total. The fraction of sp³-hybridized carbons (Fsp3) is 0.529. The van der Waals surface area contributed by atoms with Crippen LogP contribution in [0, 0.1) is 11.2 Å². The fourth-order valence-corrected chi connectivity index (χ4v) is 3.64. The van der Waals surface area contributed by atoms with Crippen molar-refractivity contribution in [1.29, 1.82) is 0 Å². The number of carbonyl (C=O) groups excluding carboxylic acids is 1. The smallest absolute Gasteiger partial charge is 0.407 e. The van der Waals surface area contributed by atoms with Crippen molar-refractivity contribution >= 4 is 29.4 Å². The number of pyridine rings is 1. The van der Waals surface area contributed by atoms with E-state index >= 15 is 0 Å². The van der Waals surface area contributed by atoms with Gasteiger partial charge in [-0.3, -0.25) is 9.59 Å². The average molecular weight is 387 g/mol. The molecule has 1 amide bonds. The number of carbonyl (C=O) groups is 3. The van der Waals surface area contributed by atoms with Crippen LogP contribution in [0.5, 0.6) is 0 Å². The van der Waals surface area contributed by atoms with Crippen LogP contribution in [-0.4, -0.2) is 50.5 Å². The number of ketones is 1. The van der Waals surface area contributed by atoms with Crippen LogP contribution in [0.3, 0.4) is 0 Å². The molecule has 9 heteroatoms. The van der Waals surface area contributed by atoms with Crippen LogP contribution in [0.1, 0.15) is 49.2 Å². The van der Waals surface area contributed by atoms with E-state index in [0.29, 0.717) is 0 Å². The zero-order chi connectivity index (χ0) is 19.6. The molecule has 2 rings (SSSR count). The standard InChI is InChI=1S/C17H20ClFN2O5/c1-3-12(22)10-6-13(18)20-11(14(10)19)8-17(15(23)24)4-5-21(16(25)26)9(2)7-17/h6,9H,3-5,7-8H2,1-2H3,(H,23,24)(H,25,26). The van der Waals surface area contributed by atoms with Crippen molar-refractivity contribution in [2.75, 3.05) is 6.54 Å². The monoisotopic (exact) mass is 386 g/mol. The number of hydrogen-bond acceptors (Lipinski definition) is 4. The van der Waals surface area contributed by atoms with Crippen LogP contribution in [0.4, 0.5) is 9.18 Å². The van der Waals surface area contributed by atoms with E-state index in [4.69, 9.17) is 16.7 Å². The van der Waals surface area contributed by atoms with E-state index in [1.807, 2.05) is 0 Å². The third-order valence-electron chi connectivity index (χ3n) is 4.87. The van der Waals surface area contributed by atoms with Crippen LogP contribution < -0.4 is 0 Å². The summed E-state index contributed by atoms with van der Waals surface area (Å²) in [4.78, 5) is 40.1. The highest BCUT2D eigenvalue weighted by atomic mass is 35.5. The van der Waals surface area contributed by atoms with Gasteiger partial charge in [0, 0.05) is 25.4 Å². The minimum absolute atomic E-state index is 0.0132. The van der Waals surface area contributed by atoms with E-state index in [2.05, 4.69) is 4.98 Å². The quantitative estimate of drug-likeness (QED) is 0.594. The summed E-state index contributed by atoms with van der Waals surface area (Å²) in [5.41, 5.74) is -1.78. The summed E-state index contributed by atoms with van der Waals surface area (Å²) in [5.74, 6) is -2.47. The van der Waals surface area contributed by atoms with Gasteiger partial charge in [-0.05, 0) is 25.8 Å². The number of aromatic nitrogens is 1. The highest BCUT2D eigenvalue weighted by molar-refractivity contribution is 6.29. The molecule has 1 aromatic rings. The summed E-state index contributed by atoms with van der Waals surface area (Å²) in [6.45, 7) is 3.21. The third kappa shape index (κ3) is 3.80. The van der Waals surface area contributed by atoms with Gasteiger partial charge in [-0.25, -0.2) is 14.2 Å². The van der Waals surface area contributed by atoms with E-state index < -0.39 is 35.1 Å². The molecule has 0 spiro atoms. The summed E-state index contributed by atoms with van der Waals surface area (Å²) in [6.07, 6.45) is -1.29. The highest BCUT2D eigenvalue weighted by Gasteiger charge is 2.46. The van der Waals surface area contributed by atoms with Gasteiger partial charge in [-0.15, -0.1) is 0 Å². The number of carboxylic acids is 1. The molecule has 2 heterocycles. The lowest BCUT2D eigenvalue weighted by Gasteiger charge is -2.42. The Morgan fingerprint density at radius 2 is 2.08 bits per heavy atom. The topological polar surface area (TPSA) is 108 Å². The van der Waals surface area contributed by atoms with E-state index in [-0.39, 0.29) is 48.6 Å². The first kappa shape index (κ1) is 20.1. The van der Waals surface area contributed by atoms with Crippen molar-refractivity contribution in [2.45, 2.75) is 45.6 Å². The molecule has 1 aromatic heterocycles.